The minimum absolute atomic E-state index is 0.0162. The van der Waals surface area contributed by atoms with Gasteiger partial charge in [0, 0.05) is 37.6 Å². The second-order valence-corrected chi connectivity index (χ2v) is 12.3. The van der Waals surface area contributed by atoms with Crippen molar-refractivity contribution >= 4 is 41.1 Å². The van der Waals surface area contributed by atoms with Crippen molar-refractivity contribution in [2.45, 2.75) is 0 Å². The highest BCUT2D eigenvalue weighted by Gasteiger charge is 2.20. The summed E-state index contributed by atoms with van der Waals surface area (Å²) in [5.41, 5.74) is 2.85. The Morgan fingerprint density at radius 1 is 0.472 bits per heavy atom. The number of ether oxygens (including phenoxy) is 2. The average molecular weight is 726 g/mol. The zero-order valence-corrected chi connectivity index (χ0v) is 28.6. The number of carbonyl (C=O) groups is 5. The minimum Gasteiger partial charge on any atom is -0.480 e. The van der Waals surface area contributed by atoms with E-state index in [1.54, 1.807) is 48.5 Å². The van der Waals surface area contributed by atoms with Crippen molar-refractivity contribution in [1.29, 1.82) is 0 Å². The third kappa shape index (κ3) is 12.5. The van der Waals surface area contributed by atoms with Crippen molar-refractivity contribution in [3.8, 4) is 34.1 Å². The van der Waals surface area contributed by atoms with Gasteiger partial charge >= 0.3 is 17.9 Å². The van der Waals surface area contributed by atoms with Crippen LogP contribution in [-0.2, 0) is 24.0 Å². The largest absolute Gasteiger partial charge is 0.480 e. The van der Waals surface area contributed by atoms with E-state index in [-0.39, 0.29) is 39.3 Å². The van der Waals surface area contributed by atoms with Crippen molar-refractivity contribution in [3.63, 3.8) is 0 Å². The molecule has 0 radical (unpaired) electrons. The summed E-state index contributed by atoms with van der Waals surface area (Å²) < 4.78 is 12.0. The standard InChI is InChI=1S/C38H39N5O10/c44-34-21-42(24-37(48)49)19-17-41(23-36(46)47)18-20-43(25-38(50)51)22-35(45)40-29-7-15-33(16-8-29)53-31-11-3-27(4-12-31)26-1-9-30(10-2-26)52-32-13-5-28(39-34)6-14-32/h1-16H,17-25H2,(H,39,44)(H,40,45)(H,46,47)(H,48,49)(H,50,51). The molecule has 4 aromatic carbocycles. The van der Waals surface area contributed by atoms with E-state index in [1.807, 2.05) is 48.5 Å². The molecule has 6 heterocycles. The van der Waals surface area contributed by atoms with Crippen LogP contribution in [0.2, 0.25) is 0 Å². The SMILES string of the molecule is O=C(O)CN1CCN(CC(=O)O)CC(=O)Nc2ccc(cc2)Oc2ccc(cc2)-c2ccc(cc2)Oc2ccc(cc2)NC(=O)CN(CC(=O)O)CC1. The van der Waals surface area contributed by atoms with Gasteiger partial charge in [-0.05, 0) is 83.9 Å². The van der Waals surface area contributed by atoms with Gasteiger partial charge in [0.05, 0.1) is 32.7 Å². The molecule has 6 aliphatic heterocycles. The van der Waals surface area contributed by atoms with Gasteiger partial charge in [-0.1, -0.05) is 24.3 Å². The molecule has 0 atom stereocenters. The third-order valence-corrected chi connectivity index (χ3v) is 8.07. The van der Waals surface area contributed by atoms with E-state index >= 15 is 0 Å². The number of carboxylic acids is 3. The maximum absolute atomic E-state index is 12.9. The van der Waals surface area contributed by atoms with Gasteiger partial charge in [0.25, 0.3) is 0 Å². The Labute approximate surface area is 305 Å². The zero-order valence-electron chi connectivity index (χ0n) is 28.6. The Kier molecular flexibility index (Phi) is 13.1. The number of benzene rings is 4. The first-order valence-corrected chi connectivity index (χ1v) is 16.7. The smallest absolute Gasteiger partial charge is 0.317 e. The molecular weight excluding hydrogens is 686 g/mol. The van der Waals surface area contributed by atoms with Gasteiger partial charge in [-0.2, -0.15) is 0 Å². The van der Waals surface area contributed by atoms with Gasteiger partial charge in [-0.25, -0.2) is 0 Å². The molecule has 0 saturated carbocycles. The fourth-order valence-corrected chi connectivity index (χ4v) is 5.56. The van der Waals surface area contributed by atoms with Gasteiger partial charge in [-0.15, -0.1) is 0 Å². The summed E-state index contributed by atoms with van der Waals surface area (Å²) in [7, 11) is 0. The lowest BCUT2D eigenvalue weighted by Gasteiger charge is -2.28. The van der Waals surface area contributed by atoms with E-state index in [2.05, 4.69) is 10.6 Å². The predicted molar refractivity (Wildman–Crippen MR) is 194 cm³/mol. The number of carboxylic acid groups (broad SMARTS) is 3. The lowest BCUT2D eigenvalue weighted by molar-refractivity contribution is -0.140. The van der Waals surface area contributed by atoms with E-state index in [9.17, 15) is 39.3 Å². The minimum atomic E-state index is -1.18. The molecule has 6 aliphatic rings. The van der Waals surface area contributed by atoms with Crippen LogP contribution in [0.15, 0.2) is 97.1 Å². The summed E-state index contributed by atoms with van der Waals surface area (Å²) >= 11 is 0. The Hall–Kier alpha value is -6.29. The average Bonchev–Trinajstić information content (AvgIpc) is 3.10. The van der Waals surface area contributed by atoms with Gasteiger partial charge < -0.3 is 35.4 Å². The van der Waals surface area contributed by atoms with E-state index < -0.39 is 49.4 Å². The molecule has 0 fully saturated rings. The van der Waals surface area contributed by atoms with Crippen molar-refractivity contribution in [3.05, 3.63) is 97.1 Å². The maximum Gasteiger partial charge on any atom is 0.317 e. The fraction of sp³-hybridized carbons (Fsp3) is 0.237. The van der Waals surface area contributed by atoms with E-state index in [0.717, 1.165) is 11.1 Å². The van der Waals surface area contributed by atoms with Gasteiger partial charge in [-0.3, -0.25) is 38.7 Å². The number of nitrogens with one attached hydrogen (secondary N) is 2. The quantitative estimate of drug-likeness (QED) is 0.192. The molecule has 0 spiro atoms. The summed E-state index contributed by atoms with van der Waals surface area (Å²) in [5.74, 6) is -2.19. The Morgan fingerprint density at radius 3 is 1.08 bits per heavy atom. The van der Waals surface area contributed by atoms with Crippen LogP contribution in [-0.4, -0.2) is 119 Å². The maximum atomic E-state index is 12.9. The molecule has 53 heavy (non-hydrogen) atoms. The molecule has 0 unspecified atom stereocenters. The molecule has 0 aliphatic carbocycles. The van der Waals surface area contributed by atoms with Crippen molar-refractivity contribution < 1.29 is 48.8 Å². The Morgan fingerprint density at radius 2 is 0.755 bits per heavy atom. The first-order valence-electron chi connectivity index (χ1n) is 16.7. The van der Waals surface area contributed by atoms with Gasteiger partial charge in [0.15, 0.2) is 0 Å². The molecule has 2 amide bonds. The molecule has 8 bridgehead atoms. The van der Waals surface area contributed by atoms with Crippen LogP contribution < -0.4 is 20.1 Å². The van der Waals surface area contributed by atoms with E-state index in [4.69, 9.17) is 9.47 Å². The van der Waals surface area contributed by atoms with Crippen LogP contribution in [0.25, 0.3) is 11.1 Å². The number of amides is 2. The normalized spacial score (nSPS) is 15.5. The molecule has 15 heteroatoms. The molecule has 15 nitrogen and oxygen atoms in total. The summed E-state index contributed by atoms with van der Waals surface area (Å²) in [4.78, 5) is 65.0. The number of aliphatic carboxylic acids is 3. The number of hydrogen-bond acceptors (Lipinski definition) is 10. The highest BCUT2D eigenvalue weighted by molar-refractivity contribution is 5.93. The molecule has 0 saturated heterocycles. The van der Waals surface area contributed by atoms with Crippen molar-refractivity contribution in [1.82, 2.24) is 14.7 Å². The molecule has 10 rings (SSSR count). The monoisotopic (exact) mass is 725 g/mol. The molecule has 4 aromatic rings. The summed E-state index contributed by atoms with van der Waals surface area (Å²) in [6.07, 6.45) is 0. The summed E-state index contributed by atoms with van der Waals surface area (Å²) in [6, 6.07) is 28.4. The first-order chi connectivity index (χ1) is 25.5. The number of anilines is 2. The molecule has 0 aromatic heterocycles. The number of hydrogen-bond donors (Lipinski definition) is 5. The fourth-order valence-electron chi connectivity index (χ4n) is 5.56. The number of nitrogens with zero attached hydrogens (tertiary/aromatic N) is 3. The molecular formula is C38H39N5O10. The lowest BCUT2D eigenvalue weighted by Crippen LogP contribution is -2.46. The van der Waals surface area contributed by atoms with Crippen LogP contribution in [0, 0.1) is 0 Å². The number of carbonyl (C=O) groups excluding carboxylic acids is 2. The van der Waals surface area contributed by atoms with Crippen LogP contribution in [0.3, 0.4) is 0 Å². The van der Waals surface area contributed by atoms with E-state index in [0.29, 0.717) is 34.4 Å². The van der Waals surface area contributed by atoms with Crippen molar-refractivity contribution in [2.24, 2.45) is 0 Å². The van der Waals surface area contributed by atoms with Crippen LogP contribution in [0.4, 0.5) is 11.4 Å². The van der Waals surface area contributed by atoms with Crippen molar-refractivity contribution in [2.75, 3.05) is 69.5 Å². The van der Waals surface area contributed by atoms with Gasteiger partial charge in [0.2, 0.25) is 11.8 Å². The predicted octanol–water partition coefficient (Wildman–Crippen LogP) is 3.99. The van der Waals surface area contributed by atoms with Crippen LogP contribution >= 0.6 is 0 Å². The van der Waals surface area contributed by atoms with Gasteiger partial charge in [0.1, 0.15) is 23.0 Å². The lowest BCUT2D eigenvalue weighted by atomic mass is 10.1. The third-order valence-electron chi connectivity index (χ3n) is 8.07. The summed E-state index contributed by atoms with van der Waals surface area (Å²) in [6.45, 7) is -1.86. The second kappa shape index (κ2) is 18.3. The van der Waals surface area contributed by atoms with Crippen LogP contribution in [0.5, 0.6) is 23.0 Å². The Bertz CT molecular complexity index is 1750. The van der Waals surface area contributed by atoms with Crippen LogP contribution in [0.1, 0.15) is 0 Å². The first kappa shape index (κ1) is 38.0. The topological polar surface area (TPSA) is 198 Å². The number of fused-ring (bicyclic) bond motifs is 2. The summed E-state index contributed by atoms with van der Waals surface area (Å²) in [5, 5.41) is 34.0. The highest BCUT2D eigenvalue weighted by Crippen LogP contribution is 2.29. The molecule has 5 N–H and O–H groups in total. The zero-order chi connectivity index (χ0) is 37.7. The highest BCUT2D eigenvalue weighted by atomic mass is 16.5. The second-order valence-electron chi connectivity index (χ2n) is 12.3. The van der Waals surface area contributed by atoms with E-state index in [1.165, 1.54) is 14.7 Å². The molecule has 276 valence electrons. The Balaban J connectivity index is 1.36. The number of rotatable bonds is 6.